The Bertz CT molecular complexity index is 1840. The van der Waals surface area contributed by atoms with Crippen LogP contribution in [-0.4, -0.2) is 42.7 Å². The maximum Gasteiger partial charge on any atom is 0.271 e. The molecule has 1 amide bonds. The van der Waals surface area contributed by atoms with Gasteiger partial charge in [-0.3, -0.25) is 14.2 Å². The maximum absolute atomic E-state index is 14.2. The van der Waals surface area contributed by atoms with Crippen LogP contribution in [0.3, 0.4) is 0 Å². The molecule has 0 spiro atoms. The third-order valence-electron chi connectivity index (χ3n) is 7.21. The quantitative estimate of drug-likeness (QED) is 0.291. The molecule has 206 valence electrons. The molecule has 0 saturated heterocycles. The van der Waals surface area contributed by atoms with Gasteiger partial charge in [0.25, 0.3) is 11.5 Å². The molecule has 40 heavy (non-hydrogen) atoms. The second-order valence-corrected chi connectivity index (χ2v) is 11.3. The first-order chi connectivity index (χ1) is 19.3. The van der Waals surface area contributed by atoms with E-state index in [1.165, 1.54) is 11.3 Å². The summed E-state index contributed by atoms with van der Waals surface area (Å²) in [4.78, 5) is 35.4. The number of methoxy groups -OCH3 is 2. The van der Waals surface area contributed by atoms with Gasteiger partial charge in [-0.25, -0.2) is 4.99 Å². The summed E-state index contributed by atoms with van der Waals surface area (Å²) in [7, 11) is 3.21. The van der Waals surface area contributed by atoms with E-state index in [2.05, 4.69) is 15.9 Å². The first kappa shape index (κ1) is 27.9. The van der Waals surface area contributed by atoms with E-state index in [1.54, 1.807) is 23.7 Å². The Balaban J connectivity index is 1.86. The number of halogens is 1. The van der Waals surface area contributed by atoms with Gasteiger partial charge in [-0.2, -0.15) is 0 Å². The highest BCUT2D eigenvalue weighted by Crippen LogP contribution is 2.40. The molecule has 0 bridgehead atoms. The van der Waals surface area contributed by atoms with Crippen LogP contribution in [-0.2, 0) is 4.79 Å². The Morgan fingerprint density at radius 1 is 1.07 bits per heavy atom. The molecule has 9 heteroatoms. The van der Waals surface area contributed by atoms with Gasteiger partial charge >= 0.3 is 0 Å². The number of allylic oxidation sites excluding steroid dienone is 1. The summed E-state index contributed by atoms with van der Waals surface area (Å²) in [5, 5.41) is 1.90. The molecule has 0 aliphatic carbocycles. The Morgan fingerprint density at radius 3 is 2.48 bits per heavy atom. The zero-order valence-electron chi connectivity index (χ0n) is 23.0. The summed E-state index contributed by atoms with van der Waals surface area (Å²) in [6.07, 6.45) is 1.82. The number of thiazole rings is 1. The van der Waals surface area contributed by atoms with Crippen LogP contribution in [0.2, 0.25) is 0 Å². The Labute approximate surface area is 244 Å². The highest BCUT2D eigenvalue weighted by atomic mass is 79.9. The number of likely N-dealkylation sites (N-methyl/N-ethyl adjacent to an activating group) is 1. The Kier molecular flexibility index (Phi) is 7.96. The van der Waals surface area contributed by atoms with Gasteiger partial charge in [-0.1, -0.05) is 57.6 Å². The number of carbonyl (C=O) groups excluding carboxylic acids is 1. The number of carbonyl (C=O) groups is 1. The van der Waals surface area contributed by atoms with Gasteiger partial charge in [-0.05, 0) is 61.9 Å². The van der Waals surface area contributed by atoms with E-state index in [1.807, 2.05) is 81.4 Å². The molecule has 3 aromatic carbocycles. The Hall–Kier alpha value is -3.69. The van der Waals surface area contributed by atoms with Crippen molar-refractivity contribution in [3.05, 3.63) is 101 Å². The summed E-state index contributed by atoms with van der Waals surface area (Å²) < 4.78 is 14.4. The third kappa shape index (κ3) is 4.77. The van der Waals surface area contributed by atoms with Crippen molar-refractivity contribution in [1.82, 2.24) is 9.47 Å². The minimum absolute atomic E-state index is 0.144. The molecule has 2 heterocycles. The molecule has 0 radical (unpaired) electrons. The lowest BCUT2D eigenvalue weighted by Crippen LogP contribution is -2.43. The largest absolute Gasteiger partial charge is 0.496 e. The summed E-state index contributed by atoms with van der Waals surface area (Å²) in [5.41, 5.74) is 2.35. The fraction of sp³-hybridized carbons (Fsp3) is 0.258. The van der Waals surface area contributed by atoms with E-state index < -0.39 is 6.04 Å². The molecule has 1 aliphatic rings. The van der Waals surface area contributed by atoms with Crippen LogP contribution < -0.4 is 24.4 Å². The second-order valence-electron chi connectivity index (χ2n) is 9.35. The smallest absolute Gasteiger partial charge is 0.271 e. The van der Waals surface area contributed by atoms with Crippen molar-refractivity contribution in [3.63, 3.8) is 0 Å². The van der Waals surface area contributed by atoms with Crippen molar-refractivity contribution in [2.75, 3.05) is 27.3 Å². The molecular formula is C31H30BrN3O4S. The molecule has 0 saturated carbocycles. The molecule has 0 fully saturated rings. The fourth-order valence-corrected chi connectivity index (χ4v) is 6.66. The second kappa shape index (κ2) is 11.4. The molecule has 7 nitrogen and oxygen atoms in total. The number of benzene rings is 3. The van der Waals surface area contributed by atoms with Gasteiger partial charge in [0, 0.05) is 28.7 Å². The monoisotopic (exact) mass is 619 g/mol. The number of amides is 1. The topological polar surface area (TPSA) is 73.1 Å². The van der Waals surface area contributed by atoms with Gasteiger partial charge < -0.3 is 14.4 Å². The minimum atomic E-state index is -0.725. The van der Waals surface area contributed by atoms with Crippen molar-refractivity contribution in [2.24, 2.45) is 4.99 Å². The van der Waals surface area contributed by atoms with Crippen LogP contribution in [0, 0.1) is 0 Å². The van der Waals surface area contributed by atoms with Crippen molar-refractivity contribution in [1.29, 1.82) is 0 Å². The summed E-state index contributed by atoms with van der Waals surface area (Å²) >= 11 is 4.81. The number of fused-ring (bicyclic) bond motifs is 2. The van der Waals surface area contributed by atoms with Gasteiger partial charge in [0.1, 0.15) is 17.5 Å². The molecule has 4 aromatic rings. The van der Waals surface area contributed by atoms with Crippen LogP contribution in [0.4, 0.5) is 0 Å². The number of hydrogen-bond acceptors (Lipinski definition) is 6. The van der Waals surface area contributed by atoms with Crippen molar-refractivity contribution < 1.29 is 14.3 Å². The first-order valence-electron chi connectivity index (χ1n) is 13.0. The predicted octanol–water partition coefficient (Wildman–Crippen LogP) is 5.04. The van der Waals surface area contributed by atoms with Crippen LogP contribution in [0.1, 0.15) is 37.9 Å². The van der Waals surface area contributed by atoms with E-state index in [9.17, 15) is 9.59 Å². The average molecular weight is 621 g/mol. The van der Waals surface area contributed by atoms with Gasteiger partial charge in [0.15, 0.2) is 4.80 Å². The van der Waals surface area contributed by atoms with Gasteiger partial charge in [0.05, 0.1) is 30.0 Å². The lowest BCUT2D eigenvalue weighted by atomic mass is 9.90. The lowest BCUT2D eigenvalue weighted by Gasteiger charge is -2.30. The summed E-state index contributed by atoms with van der Waals surface area (Å²) in [6.45, 7) is 6.82. The van der Waals surface area contributed by atoms with Gasteiger partial charge in [0.2, 0.25) is 0 Å². The maximum atomic E-state index is 14.2. The summed E-state index contributed by atoms with van der Waals surface area (Å²) in [5.74, 6) is 1.11. The SMILES string of the molecule is CCN(CC)C(=O)C1=C(C)N=c2s/c(=C/c3cc(Br)ccc3OC)c(=O)n2[C@H]1c1c(OC)ccc2ccccc12. The van der Waals surface area contributed by atoms with Crippen molar-refractivity contribution in [2.45, 2.75) is 26.8 Å². The highest BCUT2D eigenvalue weighted by molar-refractivity contribution is 9.10. The molecule has 1 aromatic heterocycles. The normalized spacial score (nSPS) is 15.2. The number of aromatic nitrogens is 1. The number of ether oxygens (including phenoxy) is 2. The molecular weight excluding hydrogens is 590 g/mol. The summed E-state index contributed by atoms with van der Waals surface area (Å²) in [6, 6.07) is 16.8. The van der Waals surface area contributed by atoms with E-state index in [0.717, 1.165) is 26.4 Å². The number of hydrogen-bond donors (Lipinski definition) is 0. The van der Waals surface area contributed by atoms with Crippen molar-refractivity contribution >= 4 is 50.0 Å². The minimum Gasteiger partial charge on any atom is -0.496 e. The van der Waals surface area contributed by atoms with Crippen LogP contribution >= 0.6 is 27.3 Å². The zero-order chi connectivity index (χ0) is 28.6. The molecule has 5 rings (SSSR count). The average Bonchev–Trinajstić information content (AvgIpc) is 3.26. The zero-order valence-corrected chi connectivity index (χ0v) is 25.4. The Morgan fingerprint density at radius 2 is 1.77 bits per heavy atom. The van der Waals surface area contributed by atoms with E-state index in [-0.39, 0.29) is 11.5 Å². The van der Waals surface area contributed by atoms with Crippen LogP contribution in [0.25, 0.3) is 16.8 Å². The highest BCUT2D eigenvalue weighted by Gasteiger charge is 2.36. The standard InChI is InChI=1S/C31H30BrN3O4S/c1-6-34(7-2)30(37)26-18(3)33-31-35(28(26)27-22-11-9-8-10-19(22)12-14-24(27)39-5)29(36)25(40-31)17-20-16-21(32)13-15-23(20)38-4/h8-17,28H,6-7H2,1-5H3/b25-17+/t28-/m1/s1. The first-order valence-corrected chi connectivity index (χ1v) is 14.6. The van der Waals surface area contributed by atoms with Crippen LogP contribution in [0.15, 0.2) is 80.1 Å². The lowest BCUT2D eigenvalue weighted by molar-refractivity contribution is -0.127. The van der Waals surface area contributed by atoms with E-state index >= 15 is 0 Å². The van der Waals surface area contributed by atoms with Crippen molar-refractivity contribution in [3.8, 4) is 11.5 Å². The molecule has 1 aliphatic heterocycles. The predicted molar refractivity (Wildman–Crippen MR) is 163 cm³/mol. The molecule has 0 unspecified atom stereocenters. The van der Waals surface area contributed by atoms with Crippen LogP contribution in [0.5, 0.6) is 11.5 Å². The number of nitrogens with zero attached hydrogens (tertiary/aromatic N) is 3. The fourth-order valence-electron chi connectivity index (χ4n) is 5.24. The van der Waals surface area contributed by atoms with E-state index in [0.29, 0.717) is 45.2 Å². The van der Waals surface area contributed by atoms with Gasteiger partial charge in [-0.15, -0.1) is 0 Å². The number of rotatable bonds is 7. The molecule has 1 atom stereocenters. The van der Waals surface area contributed by atoms with E-state index in [4.69, 9.17) is 14.5 Å². The third-order valence-corrected chi connectivity index (χ3v) is 8.68. The molecule has 0 N–H and O–H groups in total.